The molecule has 2 heterocycles. The lowest BCUT2D eigenvalue weighted by Gasteiger charge is -2.20. The molecule has 0 saturated heterocycles. The Morgan fingerprint density at radius 3 is 2.70 bits per heavy atom. The number of fused-ring (bicyclic) bond motifs is 1. The molecule has 0 atom stereocenters. The number of ether oxygens (including phenoxy) is 1. The van der Waals surface area contributed by atoms with Gasteiger partial charge in [0.1, 0.15) is 5.69 Å². The summed E-state index contributed by atoms with van der Waals surface area (Å²) < 4.78 is 6.94. The lowest BCUT2D eigenvalue weighted by atomic mass is 10.0. The van der Waals surface area contributed by atoms with Gasteiger partial charge in [0.05, 0.1) is 11.8 Å². The fourth-order valence-electron chi connectivity index (χ4n) is 2.30. The van der Waals surface area contributed by atoms with Crippen LogP contribution in [-0.2, 0) is 11.3 Å². The Kier molecular flexibility index (Phi) is 3.97. The molecule has 2 rings (SSSR count). The molecule has 0 fully saturated rings. The second kappa shape index (κ2) is 5.53. The highest BCUT2D eigenvalue weighted by Gasteiger charge is 2.27. The number of aromatic nitrogens is 1. The lowest BCUT2D eigenvalue weighted by molar-refractivity contribution is 0.0364. The fourth-order valence-corrected chi connectivity index (χ4v) is 2.30. The first kappa shape index (κ1) is 14.4. The molecule has 0 bridgehead atoms. The quantitative estimate of drug-likeness (QED) is 0.626. The number of hydrogen-bond donors (Lipinski definition) is 0. The zero-order valence-electron chi connectivity index (χ0n) is 12.3. The maximum Gasteiger partial charge on any atom is 0.355 e. The van der Waals surface area contributed by atoms with Crippen LogP contribution in [0.3, 0.4) is 0 Å². The standard InChI is InChI=1S/C15H20N2O3/c1-10(2)20-15(19)13-6-5-12-14(18)11(9-16(3)4)7-8-17(12)13/h5-6,9-10H,7-8H2,1-4H3. The summed E-state index contributed by atoms with van der Waals surface area (Å²) in [4.78, 5) is 26.2. The molecule has 0 amide bonds. The van der Waals surface area contributed by atoms with Crippen LogP contribution in [0, 0.1) is 0 Å². The molecule has 5 heteroatoms. The molecule has 0 spiro atoms. The minimum Gasteiger partial charge on any atom is -0.458 e. The average Bonchev–Trinajstić information content (AvgIpc) is 2.76. The van der Waals surface area contributed by atoms with Gasteiger partial charge in [0.2, 0.25) is 5.78 Å². The number of hydrogen-bond acceptors (Lipinski definition) is 4. The zero-order chi connectivity index (χ0) is 14.9. The van der Waals surface area contributed by atoms with Crippen LogP contribution >= 0.6 is 0 Å². The number of esters is 1. The van der Waals surface area contributed by atoms with Crippen molar-refractivity contribution in [1.82, 2.24) is 9.47 Å². The van der Waals surface area contributed by atoms with E-state index in [0.717, 1.165) is 5.57 Å². The van der Waals surface area contributed by atoms with E-state index in [-0.39, 0.29) is 17.9 Å². The van der Waals surface area contributed by atoms with Gasteiger partial charge in [-0.2, -0.15) is 0 Å². The van der Waals surface area contributed by atoms with Gasteiger partial charge in [-0.05, 0) is 32.4 Å². The van der Waals surface area contributed by atoms with E-state index in [4.69, 9.17) is 4.74 Å². The van der Waals surface area contributed by atoms with Crippen LogP contribution < -0.4 is 0 Å². The van der Waals surface area contributed by atoms with E-state index in [9.17, 15) is 9.59 Å². The number of carbonyl (C=O) groups is 2. The van der Waals surface area contributed by atoms with E-state index in [2.05, 4.69) is 0 Å². The predicted molar refractivity (Wildman–Crippen MR) is 75.7 cm³/mol. The van der Waals surface area contributed by atoms with Crippen molar-refractivity contribution in [3.63, 3.8) is 0 Å². The van der Waals surface area contributed by atoms with Gasteiger partial charge in [-0.3, -0.25) is 4.79 Å². The molecule has 0 aromatic carbocycles. The summed E-state index contributed by atoms with van der Waals surface area (Å²) >= 11 is 0. The Balaban J connectivity index is 2.30. The molecular weight excluding hydrogens is 256 g/mol. The van der Waals surface area contributed by atoms with Crippen molar-refractivity contribution >= 4 is 11.8 Å². The van der Waals surface area contributed by atoms with E-state index in [1.807, 2.05) is 25.2 Å². The van der Waals surface area contributed by atoms with E-state index in [1.165, 1.54) is 0 Å². The fraction of sp³-hybridized carbons (Fsp3) is 0.467. The first-order valence-electron chi connectivity index (χ1n) is 6.72. The third-order valence-electron chi connectivity index (χ3n) is 3.08. The van der Waals surface area contributed by atoms with Crippen molar-refractivity contribution in [3.8, 4) is 0 Å². The van der Waals surface area contributed by atoms with Crippen LogP contribution in [0.5, 0.6) is 0 Å². The maximum atomic E-state index is 12.3. The van der Waals surface area contributed by atoms with Crippen LogP contribution in [0.25, 0.3) is 0 Å². The number of allylic oxidation sites excluding steroid dienone is 1. The third kappa shape index (κ3) is 2.76. The normalized spacial score (nSPS) is 16.4. The highest BCUT2D eigenvalue weighted by atomic mass is 16.5. The molecule has 0 radical (unpaired) electrons. The van der Waals surface area contributed by atoms with Gasteiger partial charge in [0.25, 0.3) is 0 Å². The topological polar surface area (TPSA) is 51.5 Å². The molecule has 0 N–H and O–H groups in total. The minimum absolute atomic E-state index is 0.0199. The van der Waals surface area contributed by atoms with Crippen molar-refractivity contribution in [2.45, 2.75) is 32.9 Å². The van der Waals surface area contributed by atoms with Crippen LogP contribution in [0.15, 0.2) is 23.9 Å². The summed E-state index contributed by atoms with van der Waals surface area (Å²) in [6, 6.07) is 3.36. The van der Waals surface area contributed by atoms with Crippen molar-refractivity contribution in [2.24, 2.45) is 0 Å². The summed E-state index contributed by atoms with van der Waals surface area (Å²) in [6.07, 6.45) is 2.29. The van der Waals surface area contributed by atoms with Gasteiger partial charge >= 0.3 is 5.97 Å². The molecule has 0 unspecified atom stereocenters. The summed E-state index contributed by atoms with van der Waals surface area (Å²) in [5, 5.41) is 0. The lowest BCUT2D eigenvalue weighted by Crippen LogP contribution is -2.24. The Morgan fingerprint density at radius 1 is 1.40 bits per heavy atom. The largest absolute Gasteiger partial charge is 0.458 e. The molecule has 1 aromatic heterocycles. The third-order valence-corrected chi connectivity index (χ3v) is 3.08. The Bertz CT molecular complexity index is 568. The molecule has 5 nitrogen and oxygen atoms in total. The maximum absolute atomic E-state index is 12.3. The number of rotatable bonds is 3. The SMILES string of the molecule is CC(C)OC(=O)c1ccc2n1CCC(=CN(C)C)C2=O. The predicted octanol–water partition coefficient (Wildman–Crippen LogP) is 2.09. The number of carbonyl (C=O) groups excluding carboxylic acids is 2. The summed E-state index contributed by atoms with van der Waals surface area (Å²) in [5.41, 5.74) is 1.77. The molecule has 0 saturated carbocycles. The van der Waals surface area contributed by atoms with Crippen molar-refractivity contribution < 1.29 is 14.3 Å². The van der Waals surface area contributed by atoms with E-state index < -0.39 is 0 Å². The van der Waals surface area contributed by atoms with Gasteiger partial charge in [0.15, 0.2) is 0 Å². The molecule has 1 aromatic rings. The zero-order valence-corrected chi connectivity index (χ0v) is 12.3. The summed E-state index contributed by atoms with van der Waals surface area (Å²) in [6.45, 7) is 4.23. The van der Waals surface area contributed by atoms with E-state index in [0.29, 0.717) is 24.4 Å². The highest BCUT2D eigenvalue weighted by molar-refractivity contribution is 6.09. The average molecular weight is 276 g/mol. The molecule has 1 aliphatic rings. The number of nitrogens with zero attached hydrogens (tertiary/aromatic N) is 2. The monoisotopic (exact) mass is 276 g/mol. The van der Waals surface area contributed by atoms with Crippen LogP contribution in [-0.4, -0.2) is 41.4 Å². The van der Waals surface area contributed by atoms with Gasteiger partial charge in [-0.25, -0.2) is 4.79 Å². The second-order valence-electron chi connectivity index (χ2n) is 5.41. The Labute approximate surface area is 118 Å². The Morgan fingerprint density at radius 2 is 2.10 bits per heavy atom. The van der Waals surface area contributed by atoms with Gasteiger partial charge < -0.3 is 14.2 Å². The molecule has 108 valence electrons. The van der Waals surface area contributed by atoms with Crippen LogP contribution in [0.4, 0.5) is 0 Å². The first-order chi connectivity index (χ1) is 9.40. The van der Waals surface area contributed by atoms with E-state index in [1.54, 1.807) is 30.5 Å². The summed E-state index contributed by atoms with van der Waals surface area (Å²) in [7, 11) is 3.78. The van der Waals surface area contributed by atoms with Crippen molar-refractivity contribution in [2.75, 3.05) is 14.1 Å². The molecule has 0 aliphatic carbocycles. The molecule has 20 heavy (non-hydrogen) atoms. The van der Waals surface area contributed by atoms with E-state index >= 15 is 0 Å². The van der Waals surface area contributed by atoms with Crippen LogP contribution in [0.2, 0.25) is 0 Å². The van der Waals surface area contributed by atoms with Crippen LogP contribution in [0.1, 0.15) is 41.2 Å². The smallest absolute Gasteiger partial charge is 0.355 e. The molecular formula is C15H20N2O3. The van der Waals surface area contributed by atoms with Gasteiger partial charge in [-0.15, -0.1) is 0 Å². The van der Waals surface area contributed by atoms with Gasteiger partial charge in [-0.1, -0.05) is 0 Å². The number of ketones is 1. The Hall–Kier alpha value is -2.04. The first-order valence-corrected chi connectivity index (χ1v) is 6.72. The van der Waals surface area contributed by atoms with Crippen molar-refractivity contribution in [3.05, 3.63) is 35.3 Å². The number of Topliss-reactive ketones (excluding diaryl/α,β-unsaturated/α-hetero) is 1. The van der Waals surface area contributed by atoms with Gasteiger partial charge in [0, 0.05) is 32.4 Å². The van der Waals surface area contributed by atoms with Crippen molar-refractivity contribution in [1.29, 1.82) is 0 Å². The molecule has 1 aliphatic heterocycles. The summed E-state index contributed by atoms with van der Waals surface area (Å²) in [5.74, 6) is -0.396. The highest BCUT2D eigenvalue weighted by Crippen LogP contribution is 2.23. The minimum atomic E-state index is -0.376. The second-order valence-corrected chi connectivity index (χ2v) is 5.41.